The average Bonchev–Trinajstić information content (AvgIpc) is 2.72. The van der Waals surface area contributed by atoms with Crippen molar-refractivity contribution in [3.63, 3.8) is 0 Å². The molecule has 2 N–H and O–H groups in total. The minimum atomic E-state index is -0.886. The van der Waals surface area contributed by atoms with Gasteiger partial charge in [0.2, 0.25) is 0 Å². The third kappa shape index (κ3) is 3.49. The van der Waals surface area contributed by atoms with Crippen LogP contribution in [0.15, 0.2) is 28.7 Å². The molecule has 0 radical (unpaired) electrons. The normalized spacial score (nSPS) is 10.5. The van der Waals surface area contributed by atoms with E-state index in [1.807, 2.05) is 19.1 Å². The summed E-state index contributed by atoms with van der Waals surface area (Å²) in [7, 11) is 0. The van der Waals surface area contributed by atoms with Crippen LogP contribution in [-0.2, 0) is 6.54 Å². The Kier molecular flexibility index (Phi) is 4.50. The Balaban J connectivity index is 2.14. The second-order valence-corrected chi connectivity index (χ2v) is 6.52. The number of halogens is 2. The van der Waals surface area contributed by atoms with Crippen LogP contribution in [0.25, 0.3) is 0 Å². The van der Waals surface area contributed by atoms with Crippen molar-refractivity contribution in [3.8, 4) is 0 Å². The molecule has 0 unspecified atom stereocenters. The van der Waals surface area contributed by atoms with E-state index in [-0.39, 0.29) is 0 Å². The average molecular weight is 361 g/mol. The summed E-state index contributed by atoms with van der Waals surface area (Å²) in [5.41, 5.74) is 1.87. The molecule has 0 aliphatic carbocycles. The molecular weight excluding hydrogens is 350 g/mol. The number of hydrogen-bond acceptors (Lipinski definition) is 3. The molecule has 100 valence electrons. The molecule has 0 saturated carbocycles. The van der Waals surface area contributed by atoms with Gasteiger partial charge in [0.15, 0.2) is 0 Å². The zero-order valence-corrected chi connectivity index (χ0v) is 13.2. The van der Waals surface area contributed by atoms with E-state index in [0.29, 0.717) is 16.4 Å². The monoisotopic (exact) mass is 359 g/mol. The van der Waals surface area contributed by atoms with Gasteiger partial charge in [0.1, 0.15) is 4.88 Å². The third-order valence-electron chi connectivity index (χ3n) is 2.63. The summed E-state index contributed by atoms with van der Waals surface area (Å²) in [6.45, 7) is 2.48. The predicted octanol–water partition coefficient (Wildman–Crippen LogP) is 4.78. The van der Waals surface area contributed by atoms with Gasteiger partial charge in [-0.2, -0.15) is 0 Å². The molecule has 0 atom stereocenters. The van der Waals surface area contributed by atoms with Crippen molar-refractivity contribution in [1.29, 1.82) is 0 Å². The minimum Gasteiger partial charge on any atom is -0.477 e. The summed E-state index contributed by atoms with van der Waals surface area (Å²) in [6.07, 6.45) is 0. The predicted molar refractivity (Wildman–Crippen MR) is 82.5 cm³/mol. The molecule has 0 aliphatic heterocycles. The highest BCUT2D eigenvalue weighted by molar-refractivity contribution is 9.10. The lowest BCUT2D eigenvalue weighted by Crippen LogP contribution is -2.00. The van der Waals surface area contributed by atoms with Gasteiger partial charge in [-0.3, -0.25) is 0 Å². The van der Waals surface area contributed by atoms with Gasteiger partial charge in [-0.1, -0.05) is 11.6 Å². The molecule has 6 heteroatoms. The first kappa shape index (κ1) is 14.4. The van der Waals surface area contributed by atoms with Crippen LogP contribution in [0.1, 0.15) is 20.1 Å². The zero-order valence-electron chi connectivity index (χ0n) is 10.0. The van der Waals surface area contributed by atoms with E-state index >= 15 is 0 Å². The Morgan fingerprint density at radius 1 is 1.47 bits per heavy atom. The molecule has 0 amide bonds. The van der Waals surface area contributed by atoms with E-state index in [1.54, 1.807) is 12.1 Å². The third-order valence-corrected chi connectivity index (χ3v) is 4.64. The summed E-state index contributed by atoms with van der Waals surface area (Å²) in [5.74, 6) is -0.886. The summed E-state index contributed by atoms with van der Waals surface area (Å²) in [5, 5.41) is 12.9. The molecule has 0 spiro atoms. The van der Waals surface area contributed by atoms with E-state index < -0.39 is 5.97 Å². The number of nitrogens with one attached hydrogen (secondary N) is 1. The van der Waals surface area contributed by atoms with Crippen molar-refractivity contribution in [2.45, 2.75) is 13.5 Å². The van der Waals surface area contributed by atoms with Crippen LogP contribution in [0.4, 0.5) is 5.69 Å². The highest BCUT2D eigenvalue weighted by atomic mass is 79.9. The van der Waals surface area contributed by atoms with Crippen molar-refractivity contribution in [2.75, 3.05) is 5.32 Å². The summed E-state index contributed by atoms with van der Waals surface area (Å²) >= 11 is 10.7. The van der Waals surface area contributed by atoms with Gasteiger partial charge < -0.3 is 10.4 Å². The molecule has 19 heavy (non-hydrogen) atoms. The van der Waals surface area contributed by atoms with Crippen LogP contribution in [0, 0.1) is 6.92 Å². The first-order valence-electron chi connectivity index (χ1n) is 5.49. The molecule has 1 aromatic carbocycles. The summed E-state index contributed by atoms with van der Waals surface area (Å²) < 4.78 is 0.920. The lowest BCUT2D eigenvalue weighted by atomic mass is 10.2. The Hall–Kier alpha value is -1.04. The smallest absolute Gasteiger partial charge is 0.345 e. The second kappa shape index (κ2) is 5.94. The molecule has 2 rings (SSSR count). The Labute approximate surface area is 128 Å². The number of carboxylic acids is 1. The van der Waals surface area contributed by atoms with Gasteiger partial charge in [0.25, 0.3) is 0 Å². The minimum absolute atomic E-state index is 0.361. The topological polar surface area (TPSA) is 49.3 Å². The van der Waals surface area contributed by atoms with E-state index in [1.165, 1.54) is 11.3 Å². The molecule has 3 nitrogen and oxygen atoms in total. The number of anilines is 1. The molecule has 1 heterocycles. The molecule has 0 bridgehead atoms. The van der Waals surface area contributed by atoms with Crippen molar-refractivity contribution < 1.29 is 9.90 Å². The standard InChI is InChI=1S/C13H11BrClNO2S/c1-7-8(4-12(19-7)13(17)18)6-16-11-5-9(15)2-3-10(11)14/h2-5,16H,6H2,1H3,(H,17,18). The van der Waals surface area contributed by atoms with Crippen LogP contribution < -0.4 is 5.32 Å². The molecule has 0 aliphatic rings. The largest absolute Gasteiger partial charge is 0.477 e. The van der Waals surface area contributed by atoms with Crippen molar-refractivity contribution >= 4 is 50.5 Å². The molecule has 1 aromatic heterocycles. The lowest BCUT2D eigenvalue weighted by molar-refractivity contribution is 0.0702. The number of rotatable bonds is 4. The zero-order chi connectivity index (χ0) is 14.0. The van der Waals surface area contributed by atoms with Gasteiger partial charge in [-0.05, 0) is 52.7 Å². The first-order chi connectivity index (χ1) is 8.97. The molecule has 0 saturated heterocycles. The Morgan fingerprint density at radius 2 is 2.21 bits per heavy atom. The highest BCUT2D eigenvalue weighted by Crippen LogP contribution is 2.28. The maximum absolute atomic E-state index is 10.9. The van der Waals surface area contributed by atoms with Crippen LogP contribution in [0.3, 0.4) is 0 Å². The summed E-state index contributed by atoms with van der Waals surface area (Å²) in [6, 6.07) is 7.20. The number of hydrogen-bond donors (Lipinski definition) is 2. The van der Waals surface area contributed by atoms with Gasteiger partial charge in [-0.25, -0.2) is 4.79 Å². The van der Waals surface area contributed by atoms with E-state index in [4.69, 9.17) is 16.7 Å². The fourth-order valence-corrected chi connectivity index (χ4v) is 3.06. The maximum atomic E-state index is 10.9. The number of benzene rings is 1. The maximum Gasteiger partial charge on any atom is 0.345 e. The fourth-order valence-electron chi connectivity index (χ4n) is 1.62. The number of carbonyl (C=O) groups is 1. The molecule has 0 fully saturated rings. The summed E-state index contributed by atoms with van der Waals surface area (Å²) in [4.78, 5) is 12.3. The number of thiophene rings is 1. The van der Waals surface area contributed by atoms with E-state index in [0.717, 1.165) is 20.6 Å². The Bertz CT molecular complexity index is 627. The van der Waals surface area contributed by atoms with Crippen molar-refractivity contribution in [2.24, 2.45) is 0 Å². The van der Waals surface area contributed by atoms with Gasteiger partial charge >= 0.3 is 5.97 Å². The number of aryl methyl sites for hydroxylation is 1. The highest BCUT2D eigenvalue weighted by Gasteiger charge is 2.11. The van der Waals surface area contributed by atoms with Gasteiger partial charge in [-0.15, -0.1) is 11.3 Å². The van der Waals surface area contributed by atoms with Crippen LogP contribution >= 0.6 is 38.9 Å². The van der Waals surface area contributed by atoms with E-state index in [2.05, 4.69) is 21.2 Å². The second-order valence-electron chi connectivity index (χ2n) is 3.97. The van der Waals surface area contributed by atoms with Crippen molar-refractivity contribution in [1.82, 2.24) is 0 Å². The Morgan fingerprint density at radius 3 is 2.84 bits per heavy atom. The van der Waals surface area contributed by atoms with Crippen LogP contribution in [0.5, 0.6) is 0 Å². The first-order valence-corrected chi connectivity index (χ1v) is 7.47. The number of aromatic carboxylic acids is 1. The fraction of sp³-hybridized carbons (Fsp3) is 0.154. The molecular formula is C13H11BrClNO2S. The number of carboxylic acid groups (broad SMARTS) is 1. The quantitative estimate of drug-likeness (QED) is 0.824. The van der Waals surface area contributed by atoms with Crippen LogP contribution in [-0.4, -0.2) is 11.1 Å². The molecule has 2 aromatic rings. The lowest BCUT2D eigenvalue weighted by Gasteiger charge is -2.08. The van der Waals surface area contributed by atoms with Crippen molar-refractivity contribution in [3.05, 3.63) is 49.1 Å². The van der Waals surface area contributed by atoms with Gasteiger partial charge in [0.05, 0.1) is 5.69 Å². The van der Waals surface area contributed by atoms with Gasteiger partial charge in [0, 0.05) is 20.9 Å². The van der Waals surface area contributed by atoms with E-state index in [9.17, 15) is 4.79 Å². The SMILES string of the molecule is Cc1sc(C(=O)O)cc1CNc1cc(Cl)ccc1Br. The van der Waals surface area contributed by atoms with Crippen LogP contribution in [0.2, 0.25) is 5.02 Å².